The minimum atomic E-state index is -1.44. The summed E-state index contributed by atoms with van der Waals surface area (Å²) >= 11 is 0. The normalized spacial score (nSPS) is 10.7. The standard InChI is InChI=1S/C20H16FN3O5/c21-12-3-1-10(2-4-12)5-11-6-13-14(19(27)24-9-16(22)25)7-15(20(28)29)18(26)17(13)23-8-11/h1-4,6-8,26H,5,9H2,(H2,22,25)(H,24,27)(H,28,29). The van der Waals surface area contributed by atoms with E-state index in [2.05, 4.69) is 10.3 Å². The number of carbonyl (C=O) groups is 3. The van der Waals surface area contributed by atoms with E-state index in [1.165, 1.54) is 18.3 Å². The number of benzene rings is 2. The quantitative estimate of drug-likeness (QED) is 0.497. The van der Waals surface area contributed by atoms with Crippen molar-refractivity contribution in [1.82, 2.24) is 10.3 Å². The number of phenols is 1. The lowest BCUT2D eigenvalue weighted by atomic mass is 9.99. The summed E-state index contributed by atoms with van der Waals surface area (Å²) in [5.74, 6) is -3.89. The lowest BCUT2D eigenvalue weighted by Crippen LogP contribution is -2.33. The molecule has 0 radical (unpaired) electrons. The van der Waals surface area contributed by atoms with E-state index in [0.29, 0.717) is 12.0 Å². The van der Waals surface area contributed by atoms with E-state index in [0.717, 1.165) is 11.6 Å². The third-order valence-electron chi connectivity index (χ3n) is 4.22. The van der Waals surface area contributed by atoms with Gasteiger partial charge in [-0.2, -0.15) is 0 Å². The van der Waals surface area contributed by atoms with Crippen molar-refractivity contribution in [2.75, 3.05) is 6.54 Å². The van der Waals surface area contributed by atoms with Crippen molar-refractivity contribution in [3.8, 4) is 5.75 Å². The van der Waals surface area contributed by atoms with Gasteiger partial charge < -0.3 is 21.3 Å². The fourth-order valence-electron chi connectivity index (χ4n) is 2.87. The monoisotopic (exact) mass is 397 g/mol. The van der Waals surface area contributed by atoms with E-state index in [4.69, 9.17) is 5.73 Å². The number of halogens is 1. The minimum absolute atomic E-state index is 0.0722. The molecule has 0 fully saturated rings. The zero-order chi connectivity index (χ0) is 21.1. The van der Waals surface area contributed by atoms with Gasteiger partial charge in [0.15, 0.2) is 5.75 Å². The molecule has 5 N–H and O–H groups in total. The van der Waals surface area contributed by atoms with Crippen molar-refractivity contribution in [3.05, 3.63) is 70.7 Å². The summed E-state index contributed by atoms with van der Waals surface area (Å²) in [5.41, 5.74) is 5.82. The molecular weight excluding hydrogens is 381 g/mol. The number of nitrogens with two attached hydrogens (primary N) is 1. The molecule has 0 aliphatic heterocycles. The number of primary amides is 1. The second-order valence-electron chi connectivity index (χ2n) is 6.32. The zero-order valence-corrected chi connectivity index (χ0v) is 15.0. The summed E-state index contributed by atoms with van der Waals surface area (Å²) in [6.07, 6.45) is 1.80. The van der Waals surface area contributed by atoms with Crippen LogP contribution < -0.4 is 11.1 Å². The molecule has 2 aromatic carbocycles. The fraction of sp³-hybridized carbons (Fsp3) is 0.100. The van der Waals surface area contributed by atoms with Crippen LogP contribution in [0.1, 0.15) is 31.8 Å². The van der Waals surface area contributed by atoms with E-state index in [-0.39, 0.29) is 22.3 Å². The van der Waals surface area contributed by atoms with Crippen molar-refractivity contribution in [3.63, 3.8) is 0 Å². The topological polar surface area (TPSA) is 143 Å². The number of rotatable bonds is 6. The van der Waals surface area contributed by atoms with Crippen molar-refractivity contribution in [1.29, 1.82) is 0 Å². The van der Waals surface area contributed by atoms with Gasteiger partial charge in [0.05, 0.1) is 6.54 Å². The Morgan fingerprint density at radius 3 is 2.38 bits per heavy atom. The maximum Gasteiger partial charge on any atom is 0.339 e. The molecule has 0 saturated carbocycles. The van der Waals surface area contributed by atoms with Gasteiger partial charge in [0.1, 0.15) is 16.9 Å². The van der Waals surface area contributed by atoms with E-state index in [9.17, 15) is 29.0 Å². The van der Waals surface area contributed by atoms with Crippen LogP contribution >= 0.6 is 0 Å². The Bertz CT molecular complexity index is 1130. The largest absolute Gasteiger partial charge is 0.505 e. The van der Waals surface area contributed by atoms with Crippen molar-refractivity contribution in [2.45, 2.75) is 6.42 Å². The number of fused-ring (bicyclic) bond motifs is 1. The molecule has 2 amide bonds. The number of amides is 2. The first-order chi connectivity index (χ1) is 13.8. The molecule has 3 rings (SSSR count). The molecule has 1 heterocycles. The predicted molar refractivity (Wildman–Crippen MR) is 101 cm³/mol. The first kappa shape index (κ1) is 19.7. The Kier molecular flexibility index (Phi) is 5.40. The first-order valence-electron chi connectivity index (χ1n) is 8.45. The highest BCUT2D eigenvalue weighted by Gasteiger charge is 2.21. The third kappa shape index (κ3) is 4.29. The lowest BCUT2D eigenvalue weighted by Gasteiger charge is -2.12. The molecule has 0 saturated heterocycles. The number of carboxylic acids is 1. The maximum atomic E-state index is 13.1. The van der Waals surface area contributed by atoms with Gasteiger partial charge in [0, 0.05) is 17.1 Å². The van der Waals surface area contributed by atoms with Crippen molar-refractivity contribution < 1.29 is 29.0 Å². The second-order valence-corrected chi connectivity index (χ2v) is 6.32. The Balaban J connectivity index is 2.10. The van der Waals surface area contributed by atoms with Gasteiger partial charge in [-0.15, -0.1) is 0 Å². The average Bonchev–Trinajstić information content (AvgIpc) is 2.68. The Hall–Kier alpha value is -4.01. The molecular formula is C20H16FN3O5. The van der Waals surface area contributed by atoms with Crippen LogP contribution in [0.2, 0.25) is 0 Å². The predicted octanol–water partition coefficient (Wildman–Crippen LogP) is 1.58. The van der Waals surface area contributed by atoms with Crippen LogP contribution in [0, 0.1) is 5.82 Å². The summed E-state index contributed by atoms with van der Waals surface area (Å²) in [5, 5.41) is 22.1. The van der Waals surface area contributed by atoms with Crippen LogP contribution in [-0.4, -0.2) is 39.5 Å². The van der Waals surface area contributed by atoms with Crippen LogP contribution in [0.4, 0.5) is 4.39 Å². The number of nitrogens with zero attached hydrogens (tertiary/aromatic N) is 1. The van der Waals surface area contributed by atoms with Gasteiger partial charge in [-0.3, -0.25) is 14.6 Å². The summed E-state index contributed by atoms with van der Waals surface area (Å²) in [6, 6.07) is 8.43. The van der Waals surface area contributed by atoms with Gasteiger partial charge in [0.2, 0.25) is 5.91 Å². The number of nitrogens with one attached hydrogen (secondary N) is 1. The molecule has 0 aliphatic carbocycles. The molecule has 0 atom stereocenters. The summed E-state index contributed by atoms with van der Waals surface area (Å²) in [6.45, 7) is -0.438. The Labute approximate surface area is 163 Å². The summed E-state index contributed by atoms with van der Waals surface area (Å²) in [7, 11) is 0. The summed E-state index contributed by atoms with van der Waals surface area (Å²) < 4.78 is 13.1. The van der Waals surface area contributed by atoms with Gasteiger partial charge in [-0.1, -0.05) is 12.1 Å². The number of pyridine rings is 1. The number of aromatic hydroxyl groups is 1. The molecule has 3 aromatic rings. The molecule has 0 spiro atoms. The maximum absolute atomic E-state index is 13.1. The van der Waals surface area contributed by atoms with Gasteiger partial charge >= 0.3 is 5.97 Å². The van der Waals surface area contributed by atoms with Crippen LogP contribution in [0.5, 0.6) is 5.75 Å². The number of hydrogen-bond acceptors (Lipinski definition) is 5. The van der Waals surface area contributed by atoms with Crippen LogP contribution in [0.25, 0.3) is 10.9 Å². The molecule has 0 unspecified atom stereocenters. The molecule has 0 bridgehead atoms. The van der Waals surface area contributed by atoms with Gasteiger partial charge in [0.25, 0.3) is 5.91 Å². The Morgan fingerprint density at radius 2 is 1.76 bits per heavy atom. The van der Waals surface area contributed by atoms with Crippen LogP contribution in [0.15, 0.2) is 42.6 Å². The minimum Gasteiger partial charge on any atom is -0.505 e. The fourth-order valence-corrected chi connectivity index (χ4v) is 2.87. The highest BCUT2D eigenvalue weighted by atomic mass is 19.1. The van der Waals surface area contributed by atoms with Gasteiger partial charge in [-0.25, -0.2) is 9.18 Å². The molecule has 0 aliphatic rings. The molecule has 1 aromatic heterocycles. The van der Waals surface area contributed by atoms with Crippen molar-refractivity contribution in [2.24, 2.45) is 5.73 Å². The number of hydrogen-bond donors (Lipinski definition) is 4. The van der Waals surface area contributed by atoms with E-state index in [1.807, 2.05) is 0 Å². The van der Waals surface area contributed by atoms with E-state index < -0.39 is 35.6 Å². The van der Waals surface area contributed by atoms with Crippen molar-refractivity contribution >= 4 is 28.7 Å². The number of carboxylic acid groups (broad SMARTS) is 1. The third-order valence-corrected chi connectivity index (χ3v) is 4.22. The van der Waals surface area contributed by atoms with Crippen LogP contribution in [0.3, 0.4) is 0 Å². The smallest absolute Gasteiger partial charge is 0.339 e. The first-order valence-corrected chi connectivity index (χ1v) is 8.45. The highest BCUT2D eigenvalue weighted by Crippen LogP contribution is 2.31. The molecule has 9 heteroatoms. The SMILES string of the molecule is NC(=O)CNC(=O)c1cc(C(=O)O)c(O)c2ncc(Cc3ccc(F)cc3)cc12. The number of aromatic nitrogens is 1. The lowest BCUT2D eigenvalue weighted by molar-refractivity contribution is -0.117. The van der Waals surface area contributed by atoms with E-state index >= 15 is 0 Å². The molecule has 8 nitrogen and oxygen atoms in total. The number of carbonyl (C=O) groups excluding carboxylic acids is 2. The van der Waals surface area contributed by atoms with Gasteiger partial charge in [-0.05, 0) is 41.8 Å². The summed E-state index contributed by atoms with van der Waals surface area (Å²) in [4.78, 5) is 39.0. The molecule has 29 heavy (non-hydrogen) atoms. The number of aromatic carboxylic acids is 1. The second kappa shape index (κ2) is 7.93. The highest BCUT2D eigenvalue weighted by molar-refractivity contribution is 6.11. The zero-order valence-electron chi connectivity index (χ0n) is 15.0. The van der Waals surface area contributed by atoms with Crippen LogP contribution in [-0.2, 0) is 11.2 Å². The average molecular weight is 397 g/mol. The molecule has 148 valence electrons. The Morgan fingerprint density at radius 1 is 1.07 bits per heavy atom. The van der Waals surface area contributed by atoms with E-state index in [1.54, 1.807) is 18.2 Å².